The van der Waals surface area contributed by atoms with E-state index in [1.165, 1.54) is 22.5 Å². The summed E-state index contributed by atoms with van der Waals surface area (Å²) >= 11 is 1.42. The molecule has 0 bridgehead atoms. The molecular weight excluding hydrogens is 270 g/mol. The van der Waals surface area contributed by atoms with Crippen LogP contribution in [0.5, 0.6) is 0 Å². The third-order valence-corrected chi connectivity index (χ3v) is 4.67. The second-order valence-corrected chi connectivity index (χ2v) is 5.81. The molecule has 0 unspecified atom stereocenters. The Balaban J connectivity index is 2.60. The SMILES string of the molecule is CCOC(=O)c1sc(-c2c(C)cccc2C)c(C)c1N. The molecule has 2 aromatic rings. The number of anilines is 1. The number of carbonyl (C=O) groups excluding carboxylic acids is 1. The molecule has 0 fully saturated rings. The van der Waals surface area contributed by atoms with Crippen LogP contribution in [-0.2, 0) is 4.74 Å². The number of hydrogen-bond acceptors (Lipinski definition) is 4. The molecule has 0 aliphatic heterocycles. The van der Waals surface area contributed by atoms with Gasteiger partial charge in [-0.3, -0.25) is 0 Å². The van der Waals surface area contributed by atoms with Gasteiger partial charge in [-0.1, -0.05) is 18.2 Å². The summed E-state index contributed by atoms with van der Waals surface area (Å²) in [7, 11) is 0. The van der Waals surface area contributed by atoms with Gasteiger partial charge in [-0.25, -0.2) is 4.79 Å². The van der Waals surface area contributed by atoms with E-state index < -0.39 is 0 Å². The molecule has 0 amide bonds. The second-order valence-electron chi connectivity index (χ2n) is 4.79. The molecular formula is C16H19NO2S. The number of esters is 1. The molecule has 20 heavy (non-hydrogen) atoms. The molecule has 0 atom stereocenters. The lowest BCUT2D eigenvalue weighted by Crippen LogP contribution is -2.05. The van der Waals surface area contributed by atoms with Crippen molar-refractivity contribution in [2.24, 2.45) is 0 Å². The zero-order valence-electron chi connectivity index (χ0n) is 12.2. The van der Waals surface area contributed by atoms with Gasteiger partial charge in [-0.2, -0.15) is 0 Å². The fraction of sp³-hybridized carbons (Fsp3) is 0.312. The zero-order valence-corrected chi connectivity index (χ0v) is 13.1. The summed E-state index contributed by atoms with van der Waals surface area (Å²) < 4.78 is 5.06. The first-order valence-corrected chi connectivity index (χ1v) is 7.41. The first-order chi connectivity index (χ1) is 9.47. The molecule has 106 valence electrons. The third-order valence-electron chi connectivity index (χ3n) is 3.36. The second kappa shape index (κ2) is 5.67. The Labute approximate surface area is 123 Å². The number of rotatable bonds is 3. The summed E-state index contributed by atoms with van der Waals surface area (Å²) in [5, 5.41) is 0. The van der Waals surface area contributed by atoms with E-state index in [4.69, 9.17) is 10.5 Å². The number of ether oxygens (including phenoxy) is 1. The monoisotopic (exact) mass is 289 g/mol. The minimum absolute atomic E-state index is 0.337. The molecule has 2 rings (SSSR count). The zero-order chi connectivity index (χ0) is 14.9. The van der Waals surface area contributed by atoms with E-state index in [-0.39, 0.29) is 5.97 Å². The summed E-state index contributed by atoms with van der Waals surface area (Å²) in [6.45, 7) is 8.24. The van der Waals surface area contributed by atoms with Crippen LogP contribution in [0, 0.1) is 20.8 Å². The van der Waals surface area contributed by atoms with Gasteiger partial charge in [0.25, 0.3) is 0 Å². The number of benzene rings is 1. The van der Waals surface area contributed by atoms with E-state index in [1.807, 2.05) is 13.0 Å². The minimum Gasteiger partial charge on any atom is -0.462 e. The summed E-state index contributed by atoms with van der Waals surface area (Å²) in [6, 6.07) is 6.18. The quantitative estimate of drug-likeness (QED) is 0.865. The average Bonchev–Trinajstić information content (AvgIpc) is 2.68. The highest BCUT2D eigenvalue weighted by Gasteiger charge is 2.21. The Morgan fingerprint density at radius 3 is 2.40 bits per heavy atom. The lowest BCUT2D eigenvalue weighted by molar-refractivity contribution is 0.0533. The number of carbonyl (C=O) groups is 1. The van der Waals surface area contributed by atoms with Crippen LogP contribution in [0.3, 0.4) is 0 Å². The number of hydrogen-bond donors (Lipinski definition) is 1. The maximum atomic E-state index is 11.9. The van der Waals surface area contributed by atoms with E-state index in [1.54, 1.807) is 6.92 Å². The highest BCUT2D eigenvalue weighted by Crippen LogP contribution is 2.41. The predicted octanol–water partition coefficient (Wildman–Crippen LogP) is 4.10. The van der Waals surface area contributed by atoms with E-state index in [0.29, 0.717) is 17.2 Å². The van der Waals surface area contributed by atoms with Crippen LogP contribution in [0.15, 0.2) is 18.2 Å². The van der Waals surface area contributed by atoms with Crippen molar-refractivity contribution < 1.29 is 9.53 Å². The minimum atomic E-state index is -0.337. The van der Waals surface area contributed by atoms with Gasteiger partial charge >= 0.3 is 5.97 Å². The van der Waals surface area contributed by atoms with Gasteiger partial charge < -0.3 is 10.5 Å². The summed E-state index contributed by atoms with van der Waals surface area (Å²) in [6.07, 6.45) is 0. The van der Waals surface area contributed by atoms with Crippen LogP contribution < -0.4 is 5.73 Å². The molecule has 0 saturated carbocycles. The van der Waals surface area contributed by atoms with Gasteiger partial charge in [-0.15, -0.1) is 11.3 Å². The Morgan fingerprint density at radius 2 is 1.85 bits per heavy atom. The molecule has 4 heteroatoms. The van der Waals surface area contributed by atoms with Crippen molar-refractivity contribution in [2.75, 3.05) is 12.3 Å². The highest BCUT2D eigenvalue weighted by molar-refractivity contribution is 7.18. The van der Waals surface area contributed by atoms with Crippen molar-refractivity contribution in [3.8, 4) is 10.4 Å². The maximum absolute atomic E-state index is 11.9. The van der Waals surface area contributed by atoms with Crippen LogP contribution in [0.4, 0.5) is 5.69 Å². The largest absolute Gasteiger partial charge is 0.462 e. The van der Waals surface area contributed by atoms with Crippen molar-refractivity contribution >= 4 is 23.0 Å². The van der Waals surface area contributed by atoms with E-state index in [2.05, 4.69) is 26.0 Å². The van der Waals surface area contributed by atoms with E-state index in [9.17, 15) is 4.79 Å². The molecule has 1 heterocycles. The Bertz CT molecular complexity index is 638. The highest BCUT2D eigenvalue weighted by atomic mass is 32.1. The van der Waals surface area contributed by atoms with Crippen molar-refractivity contribution in [2.45, 2.75) is 27.7 Å². The average molecular weight is 289 g/mol. The molecule has 0 aliphatic carbocycles. The molecule has 2 N–H and O–H groups in total. The number of thiophene rings is 1. The Hall–Kier alpha value is -1.81. The van der Waals surface area contributed by atoms with E-state index in [0.717, 1.165) is 16.0 Å². The van der Waals surface area contributed by atoms with Crippen LogP contribution >= 0.6 is 11.3 Å². The fourth-order valence-electron chi connectivity index (χ4n) is 2.29. The van der Waals surface area contributed by atoms with Crippen molar-refractivity contribution in [3.63, 3.8) is 0 Å². The van der Waals surface area contributed by atoms with Gasteiger partial charge in [0.2, 0.25) is 0 Å². The predicted molar refractivity (Wildman–Crippen MR) is 84.3 cm³/mol. The molecule has 0 saturated heterocycles. The van der Waals surface area contributed by atoms with E-state index >= 15 is 0 Å². The van der Waals surface area contributed by atoms with Crippen LogP contribution in [-0.4, -0.2) is 12.6 Å². The van der Waals surface area contributed by atoms with Gasteiger partial charge in [-0.05, 0) is 49.9 Å². The van der Waals surface area contributed by atoms with Crippen LogP contribution in [0.25, 0.3) is 10.4 Å². The standard InChI is InChI=1S/C16H19NO2S/c1-5-19-16(18)15-13(17)11(4)14(20-15)12-9(2)7-6-8-10(12)3/h6-8H,5,17H2,1-4H3. The summed E-state index contributed by atoms with van der Waals surface area (Å²) in [5.74, 6) is -0.337. The summed E-state index contributed by atoms with van der Waals surface area (Å²) in [4.78, 5) is 13.5. The van der Waals surface area contributed by atoms with Gasteiger partial charge in [0.15, 0.2) is 0 Å². The lowest BCUT2D eigenvalue weighted by Gasteiger charge is -2.08. The normalized spacial score (nSPS) is 10.6. The van der Waals surface area contributed by atoms with Gasteiger partial charge in [0.05, 0.1) is 12.3 Å². The molecule has 0 aliphatic rings. The molecule has 0 spiro atoms. The lowest BCUT2D eigenvalue weighted by atomic mass is 9.99. The number of nitrogen functional groups attached to an aromatic ring is 1. The molecule has 1 aromatic carbocycles. The van der Waals surface area contributed by atoms with Crippen molar-refractivity contribution in [1.82, 2.24) is 0 Å². The first-order valence-electron chi connectivity index (χ1n) is 6.59. The third kappa shape index (κ3) is 2.43. The fourth-order valence-corrected chi connectivity index (χ4v) is 3.58. The van der Waals surface area contributed by atoms with Crippen LogP contribution in [0.1, 0.15) is 33.3 Å². The smallest absolute Gasteiger partial charge is 0.350 e. The Morgan fingerprint density at radius 1 is 1.25 bits per heavy atom. The van der Waals surface area contributed by atoms with Crippen molar-refractivity contribution in [1.29, 1.82) is 0 Å². The first kappa shape index (κ1) is 14.6. The molecule has 1 aromatic heterocycles. The summed E-state index contributed by atoms with van der Waals surface area (Å²) in [5.41, 5.74) is 11.1. The molecule has 0 radical (unpaired) electrons. The maximum Gasteiger partial charge on any atom is 0.350 e. The topological polar surface area (TPSA) is 52.3 Å². The van der Waals surface area contributed by atoms with Crippen LogP contribution in [0.2, 0.25) is 0 Å². The van der Waals surface area contributed by atoms with Crippen molar-refractivity contribution in [3.05, 3.63) is 39.8 Å². The van der Waals surface area contributed by atoms with Gasteiger partial charge in [0.1, 0.15) is 4.88 Å². The molecule has 3 nitrogen and oxygen atoms in total. The van der Waals surface area contributed by atoms with Gasteiger partial charge in [0, 0.05) is 4.88 Å². The Kier molecular flexibility index (Phi) is 4.14. The number of aryl methyl sites for hydroxylation is 2. The number of nitrogens with two attached hydrogens (primary N) is 1.